The van der Waals surface area contributed by atoms with E-state index >= 15 is 8.78 Å². The molecule has 9 rings (SSSR count). The zero-order chi connectivity index (χ0) is 43.2. The average Bonchev–Trinajstić information content (AvgIpc) is 3.68. The zero-order valence-corrected chi connectivity index (χ0v) is 34.9. The van der Waals surface area contributed by atoms with Crippen molar-refractivity contribution in [3.63, 3.8) is 0 Å². The van der Waals surface area contributed by atoms with Gasteiger partial charge in [0.2, 0.25) is 17.7 Å². The maximum Gasteiger partial charge on any atom is 0.303 e. The molecular formula is C43H50BrF2N3O11. The second-order valence-corrected chi connectivity index (χ2v) is 19.2. The maximum absolute atomic E-state index is 17.7. The van der Waals surface area contributed by atoms with Gasteiger partial charge in [0, 0.05) is 34.3 Å². The van der Waals surface area contributed by atoms with E-state index in [1.807, 2.05) is 24.3 Å². The predicted octanol–water partition coefficient (Wildman–Crippen LogP) is 2.77. The van der Waals surface area contributed by atoms with Gasteiger partial charge in [-0.25, -0.2) is 8.78 Å². The summed E-state index contributed by atoms with van der Waals surface area (Å²) in [6.07, 6.45) is 0.425. The van der Waals surface area contributed by atoms with E-state index < -0.39 is 112 Å². The minimum atomic E-state index is -2.35. The number of Topliss-reactive ketones (excluding diaryl/α,β-unsaturated/α-hetero) is 1. The van der Waals surface area contributed by atoms with Gasteiger partial charge in [0.1, 0.15) is 18.8 Å². The molecule has 6 saturated carbocycles. The molecule has 1 saturated heterocycles. The van der Waals surface area contributed by atoms with Gasteiger partial charge in [0.05, 0.1) is 24.1 Å². The second-order valence-electron chi connectivity index (χ2n) is 18.7. The fraction of sp³-hybridized carbons (Fsp3) is 0.628. The van der Waals surface area contributed by atoms with Crippen molar-refractivity contribution in [2.45, 2.75) is 119 Å². The van der Waals surface area contributed by atoms with Crippen LogP contribution in [0.3, 0.4) is 0 Å². The lowest BCUT2D eigenvalue weighted by molar-refractivity contribution is -0.235. The number of ether oxygens (including phenoxy) is 2. The number of fused-ring (bicyclic) bond motifs is 7. The summed E-state index contributed by atoms with van der Waals surface area (Å²) in [7, 11) is 0. The third-order valence-electron chi connectivity index (χ3n) is 15.2. The molecule has 14 nitrogen and oxygen atoms in total. The van der Waals surface area contributed by atoms with E-state index in [-0.39, 0.29) is 55.0 Å². The van der Waals surface area contributed by atoms with Crippen LogP contribution >= 0.6 is 15.9 Å². The number of hydrogen-bond donors (Lipinski definition) is 6. The summed E-state index contributed by atoms with van der Waals surface area (Å²) < 4.78 is 46.7. The summed E-state index contributed by atoms with van der Waals surface area (Å²) in [6.45, 7) is 2.02. The minimum Gasteiger partial charge on any atom is -0.481 e. The van der Waals surface area contributed by atoms with Crippen molar-refractivity contribution in [1.29, 1.82) is 0 Å². The van der Waals surface area contributed by atoms with Crippen LogP contribution in [0.5, 0.6) is 0 Å². The highest BCUT2D eigenvalue weighted by molar-refractivity contribution is 9.09. The monoisotopic (exact) mass is 901 g/mol. The van der Waals surface area contributed by atoms with Gasteiger partial charge in [0.25, 0.3) is 0 Å². The van der Waals surface area contributed by atoms with Crippen LogP contribution in [0.2, 0.25) is 0 Å². The first-order valence-corrected chi connectivity index (χ1v) is 21.6. The molecule has 324 valence electrons. The molecule has 1 heterocycles. The number of rotatable bonds is 14. The number of carboxylic acids is 1. The average molecular weight is 903 g/mol. The lowest BCUT2D eigenvalue weighted by atomic mass is 9.38. The zero-order valence-electron chi connectivity index (χ0n) is 33.3. The van der Waals surface area contributed by atoms with E-state index in [2.05, 4.69) is 31.9 Å². The number of nitrogens with one attached hydrogen (secondary N) is 3. The van der Waals surface area contributed by atoms with Crippen molar-refractivity contribution in [2.24, 2.45) is 28.1 Å². The van der Waals surface area contributed by atoms with Crippen molar-refractivity contribution in [3.8, 4) is 0 Å². The van der Waals surface area contributed by atoms with Crippen LogP contribution in [0.1, 0.15) is 82.6 Å². The molecule has 1 aromatic rings. The van der Waals surface area contributed by atoms with E-state index in [9.17, 15) is 44.1 Å². The van der Waals surface area contributed by atoms with Crippen molar-refractivity contribution < 1.29 is 62.3 Å². The molecular weight excluding hydrogens is 852 g/mol. The van der Waals surface area contributed by atoms with E-state index in [4.69, 9.17) is 9.47 Å². The van der Waals surface area contributed by atoms with E-state index in [0.717, 1.165) is 11.6 Å². The largest absolute Gasteiger partial charge is 0.481 e. The number of carbonyl (C=O) groups excluding carboxylic acids is 5. The minimum absolute atomic E-state index is 0.00124. The number of amides is 3. The van der Waals surface area contributed by atoms with E-state index in [1.165, 1.54) is 19.1 Å². The highest BCUT2D eigenvalue weighted by Gasteiger charge is 2.80. The molecule has 3 amide bonds. The summed E-state index contributed by atoms with van der Waals surface area (Å²) in [6, 6.07) is 6.44. The topological polar surface area (TPSA) is 218 Å². The Balaban J connectivity index is 0.920. The Morgan fingerprint density at radius 2 is 1.73 bits per heavy atom. The summed E-state index contributed by atoms with van der Waals surface area (Å²) in [5, 5.41) is 39.2. The maximum atomic E-state index is 17.7. The number of halogens is 3. The number of aliphatic hydroxyl groups excluding tert-OH is 2. The number of carboxylic acid groups (broad SMARTS) is 1. The smallest absolute Gasteiger partial charge is 0.303 e. The van der Waals surface area contributed by atoms with E-state index in [1.54, 1.807) is 6.92 Å². The Kier molecular flexibility index (Phi) is 10.6. The third kappa shape index (κ3) is 6.42. The SMILES string of the molecule is C[C@]12C=CC(=O)C=C1[C@@H](F)C[C@H]1[C@@H]3C[C@H]4O[C@@H](c5ccc(CC67CC(NC(=O)[C@H](CCC(=O)O)NC(=O)CNC(=O)CBr)(C6)C7)cc5)O[C@@]4(C(=O)CO)[C@@]3(C)C[C@H](O)[C@@]12F. The van der Waals surface area contributed by atoms with Crippen LogP contribution < -0.4 is 16.0 Å². The molecule has 11 atom stereocenters. The number of allylic oxidation sites excluding steroid dienone is 4. The van der Waals surface area contributed by atoms with Gasteiger partial charge >= 0.3 is 5.97 Å². The molecule has 1 aliphatic heterocycles. The second kappa shape index (κ2) is 14.9. The molecule has 8 aliphatic rings. The van der Waals surface area contributed by atoms with Gasteiger partial charge < -0.3 is 40.7 Å². The molecule has 1 aromatic carbocycles. The third-order valence-corrected chi connectivity index (χ3v) is 15.7. The molecule has 2 bridgehead atoms. The fourth-order valence-corrected chi connectivity index (χ4v) is 12.8. The van der Waals surface area contributed by atoms with Gasteiger partial charge in [-0.1, -0.05) is 53.2 Å². The summed E-state index contributed by atoms with van der Waals surface area (Å²) >= 11 is 2.99. The number of ketones is 2. The molecule has 7 aliphatic carbocycles. The molecule has 0 spiro atoms. The Hall–Kier alpha value is -3.90. The van der Waals surface area contributed by atoms with Crippen molar-refractivity contribution >= 4 is 51.2 Å². The standard InChI is InChI=1S/C43H50BrF2N3O11/c1-38-10-9-24(51)11-27(38)28(45)12-26-25-13-32-43(31(53)18-50,39(25,2)15-30(52)42(26,38)46)60-37(59-32)23-5-3-22(4-6-23)14-40-19-41(20-40,21-40)49-36(58)29(7-8-35(56)57)48-34(55)17-47-33(54)16-44/h3-6,9-11,25-26,28-30,32,37,50,52H,7-8,12-21H2,1-2H3,(H,47,54)(H,48,55)(H,49,58)(H,56,57)/t25-,26-,28-,29-,30-,32+,37+,38-,39-,40?,41?,42-,43+/m0/s1. The molecule has 0 unspecified atom stereocenters. The first kappa shape index (κ1) is 42.8. The highest BCUT2D eigenvalue weighted by Crippen LogP contribution is 2.73. The number of carbonyl (C=O) groups is 6. The first-order valence-electron chi connectivity index (χ1n) is 20.5. The molecule has 17 heteroatoms. The summed E-state index contributed by atoms with van der Waals surface area (Å²) in [5.41, 5.74) is -5.82. The van der Waals surface area contributed by atoms with Crippen LogP contribution in [0.15, 0.2) is 48.1 Å². The lowest BCUT2D eigenvalue weighted by Gasteiger charge is -2.71. The Labute approximate surface area is 353 Å². The van der Waals surface area contributed by atoms with Gasteiger partial charge in [-0.3, -0.25) is 28.8 Å². The normalized spacial score (nSPS) is 40.9. The summed E-state index contributed by atoms with van der Waals surface area (Å²) in [4.78, 5) is 74.5. The van der Waals surface area contributed by atoms with E-state index in [0.29, 0.717) is 31.2 Å². The van der Waals surface area contributed by atoms with Crippen LogP contribution in [-0.4, -0.2) is 110 Å². The predicted molar refractivity (Wildman–Crippen MR) is 210 cm³/mol. The van der Waals surface area contributed by atoms with Crippen LogP contribution in [-0.2, 0) is 44.7 Å². The lowest BCUT2D eigenvalue weighted by Crippen LogP contribution is -2.76. The number of hydrogen-bond acceptors (Lipinski definition) is 10. The summed E-state index contributed by atoms with van der Waals surface area (Å²) in [5.74, 6) is -5.43. The number of aliphatic carboxylic acids is 1. The van der Waals surface area contributed by atoms with Gasteiger partial charge in [-0.05, 0) is 92.9 Å². The fourth-order valence-electron chi connectivity index (χ4n) is 12.6. The van der Waals surface area contributed by atoms with Gasteiger partial charge in [-0.2, -0.15) is 0 Å². The highest BCUT2D eigenvalue weighted by atomic mass is 79.9. The number of alkyl halides is 3. The van der Waals surface area contributed by atoms with Crippen LogP contribution in [0.4, 0.5) is 8.78 Å². The van der Waals surface area contributed by atoms with Gasteiger partial charge in [-0.15, -0.1) is 0 Å². The molecule has 7 fully saturated rings. The molecule has 0 aromatic heterocycles. The quantitative estimate of drug-likeness (QED) is 0.149. The Morgan fingerprint density at radius 3 is 2.38 bits per heavy atom. The number of aliphatic hydroxyl groups is 2. The Morgan fingerprint density at radius 1 is 1.03 bits per heavy atom. The van der Waals surface area contributed by atoms with Crippen molar-refractivity contribution in [2.75, 3.05) is 18.5 Å². The first-order chi connectivity index (χ1) is 28.3. The van der Waals surface area contributed by atoms with Crippen molar-refractivity contribution in [3.05, 3.63) is 59.2 Å². The molecule has 6 N–H and O–H groups in total. The Bertz CT molecular complexity index is 2060. The van der Waals surface area contributed by atoms with Crippen LogP contribution in [0.25, 0.3) is 0 Å². The van der Waals surface area contributed by atoms with Gasteiger partial charge in [0.15, 0.2) is 29.1 Å². The van der Waals surface area contributed by atoms with Crippen LogP contribution in [0, 0.1) is 28.1 Å². The molecule has 0 radical (unpaired) electrons. The number of benzene rings is 1. The molecule has 60 heavy (non-hydrogen) atoms. The van der Waals surface area contributed by atoms with Crippen molar-refractivity contribution in [1.82, 2.24) is 16.0 Å².